The second-order valence-electron chi connectivity index (χ2n) is 5.48. The van der Waals surface area contributed by atoms with E-state index in [1.807, 2.05) is 12.1 Å². The number of Topliss-reactive ketones (excluding diaryl/α,β-unsaturated/α-hetero) is 1. The first-order valence-corrected chi connectivity index (χ1v) is 7.20. The van der Waals surface area contributed by atoms with E-state index in [4.69, 9.17) is 0 Å². The molecule has 2 amide bonds. The van der Waals surface area contributed by atoms with E-state index in [9.17, 15) is 14.4 Å². The van der Waals surface area contributed by atoms with Crippen molar-refractivity contribution in [2.24, 2.45) is 0 Å². The van der Waals surface area contributed by atoms with Crippen molar-refractivity contribution in [3.63, 3.8) is 0 Å². The molecule has 2 aliphatic rings. The number of hydrogen-bond acceptors (Lipinski definition) is 5. The molecule has 0 spiro atoms. The fourth-order valence-electron chi connectivity index (χ4n) is 2.79. The van der Waals surface area contributed by atoms with Gasteiger partial charge in [0, 0.05) is 38.5 Å². The van der Waals surface area contributed by atoms with Gasteiger partial charge in [0.05, 0.1) is 5.92 Å². The molecule has 6 nitrogen and oxygen atoms in total. The topological polar surface area (TPSA) is 79.4 Å². The maximum Gasteiger partial charge on any atom is 0.234 e. The van der Waals surface area contributed by atoms with Crippen LogP contribution in [0, 0.1) is 0 Å². The van der Waals surface area contributed by atoms with Crippen LogP contribution >= 0.6 is 0 Å². The molecule has 0 aromatic carbocycles. The number of amides is 2. The van der Waals surface area contributed by atoms with Crippen LogP contribution in [0.25, 0.3) is 0 Å². The maximum absolute atomic E-state index is 11.8. The third-order valence-electron chi connectivity index (χ3n) is 4.06. The van der Waals surface area contributed by atoms with Crippen molar-refractivity contribution in [2.45, 2.75) is 31.6 Å². The lowest BCUT2D eigenvalue weighted by molar-refractivity contribution is -0.134. The number of carbonyl (C=O) groups is 3. The second-order valence-corrected chi connectivity index (χ2v) is 5.48. The molecular formula is C15H17N3O3. The summed E-state index contributed by atoms with van der Waals surface area (Å²) in [5.41, 5.74) is 0.830. The highest BCUT2D eigenvalue weighted by atomic mass is 16.2. The van der Waals surface area contributed by atoms with Crippen LogP contribution < -0.4 is 10.2 Å². The van der Waals surface area contributed by atoms with Crippen LogP contribution in [0.2, 0.25) is 0 Å². The average molecular weight is 287 g/mol. The Morgan fingerprint density at radius 1 is 1.10 bits per heavy atom. The SMILES string of the molecule is O=C1CCN(c2ccc(C3CCC(=O)NC3=O)cn2)CC1. The number of nitrogens with one attached hydrogen (secondary N) is 1. The van der Waals surface area contributed by atoms with Crippen molar-refractivity contribution < 1.29 is 14.4 Å². The van der Waals surface area contributed by atoms with Crippen molar-refractivity contribution in [2.75, 3.05) is 18.0 Å². The average Bonchev–Trinajstić information content (AvgIpc) is 2.48. The minimum absolute atomic E-state index is 0.209. The first-order valence-electron chi connectivity index (χ1n) is 7.20. The van der Waals surface area contributed by atoms with Crippen LogP contribution in [0.4, 0.5) is 5.82 Å². The molecule has 110 valence electrons. The Kier molecular flexibility index (Phi) is 3.68. The summed E-state index contributed by atoms with van der Waals surface area (Å²) in [5, 5.41) is 2.36. The third kappa shape index (κ3) is 2.94. The van der Waals surface area contributed by atoms with E-state index in [2.05, 4.69) is 15.2 Å². The Morgan fingerprint density at radius 3 is 2.48 bits per heavy atom. The highest BCUT2D eigenvalue weighted by Gasteiger charge is 2.28. The van der Waals surface area contributed by atoms with Crippen LogP contribution in [-0.4, -0.2) is 35.7 Å². The first-order chi connectivity index (χ1) is 10.1. The Labute approximate surface area is 122 Å². The molecule has 0 aliphatic carbocycles. The number of hydrogen-bond donors (Lipinski definition) is 1. The number of piperidine rings is 2. The molecule has 6 heteroatoms. The number of nitrogens with zero attached hydrogens (tertiary/aromatic N) is 2. The Bertz CT molecular complexity index is 572. The summed E-state index contributed by atoms with van der Waals surface area (Å²) in [5.74, 6) is 0.375. The molecule has 1 N–H and O–H groups in total. The Hall–Kier alpha value is -2.24. The maximum atomic E-state index is 11.8. The number of anilines is 1. The summed E-state index contributed by atoms with van der Waals surface area (Å²) in [6, 6.07) is 3.77. The Morgan fingerprint density at radius 2 is 1.86 bits per heavy atom. The van der Waals surface area contributed by atoms with Gasteiger partial charge in [0.15, 0.2) is 0 Å². The van der Waals surface area contributed by atoms with E-state index in [1.165, 1.54) is 0 Å². The zero-order valence-corrected chi connectivity index (χ0v) is 11.7. The minimum atomic E-state index is -0.299. The van der Waals surface area contributed by atoms with Gasteiger partial charge >= 0.3 is 0 Å². The van der Waals surface area contributed by atoms with E-state index in [1.54, 1.807) is 6.20 Å². The predicted molar refractivity (Wildman–Crippen MR) is 75.8 cm³/mol. The van der Waals surface area contributed by atoms with E-state index < -0.39 is 0 Å². The highest BCUT2D eigenvalue weighted by Crippen LogP contribution is 2.25. The number of carbonyl (C=O) groups excluding carboxylic acids is 3. The van der Waals surface area contributed by atoms with Crippen LogP contribution in [0.1, 0.15) is 37.2 Å². The fourth-order valence-corrected chi connectivity index (χ4v) is 2.79. The van der Waals surface area contributed by atoms with Crippen molar-refractivity contribution >= 4 is 23.4 Å². The van der Waals surface area contributed by atoms with E-state index in [0.717, 1.165) is 11.4 Å². The number of ketones is 1. The largest absolute Gasteiger partial charge is 0.356 e. The molecule has 0 radical (unpaired) electrons. The van der Waals surface area contributed by atoms with Gasteiger partial charge in [0.2, 0.25) is 11.8 Å². The quantitative estimate of drug-likeness (QED) is 0.813. The second kappa shape index (κ2) is 5.63. The highest BCUT2D eigenvalue weighted by molar-refractivity contribution is 6.00. The van der Waals surface area contributed by atoms with Crippen molar-refractivity contribution in [3.05, 3.63) is 23.9 Å². The molecule has 1 aromatic rings. The molecule has 1 aromatic heterocycles. The van der Waals surface area contributed by atoms with Crippen molar-refractivity contribution in [3.8, 4) is 0 Å². The molecule has 1 unspecified atom stereocenters. The molecular weight excluding hydrogens is 270 g/mol. The fraction of sp³-hybridized carbons (Fsp3) is 0.467. The number of rotatable bonds is 2. The molecule has 21 heavy (non-hydrogen) atoms. The van der Waals surface area contributed by atoms with Crippen LogP contribution in [0.3, 0.4) is 0 Å². The van der Waals surface area contributed by atoms with E-state index in [-0.39, 0.29) is 17.7 Å². The molecule has 2 aliphatic heterocycles. The van der Waals surface area contributed by atoms with Crippen LogP contribution in [-0.2, 0) is 14.4 Å². The lowest BCUT2D eigenvalue weighted by atomic mass is 9.92. The van der Waals surface area contributed by atoms with Gasteiger partial charge in [0.1, 0.15) is 11.6 Å². The van der Waals surface area contributed by atoms with Gasteiger partial charge in [-0.25, -0.2) is 4.98 Å². The van der Waals surface area contributed by atoms with Gasteiger partial charge in [0.25, 0.3) is 0 Å². The van der Waals surface area contributed by atoms with Crippen molar-refractivity contribution in [1.29, 1.82) is 0 Å². The van der Waals surface area contributed by atoms with E-state index in [0.29, 0.717) is 44.6 Å². The molecule has 1 atom stereocenters. The molecule has 2 saturated heterocycles. The minimum Gasteiger partial charge on any atom is -0.356 e. The van der Waals surface area contributed by atoms with Gasteiger partial charge < -0.3 is 4.90 Å². The molecule has 2 fully saturated rings. The number of aromatic nitrogens is 1. The van der Waals surface area contributed by atoms with E-state index >= 15 is 0 Å². The normalized spacial score (nSPS) is 23.1. The van der Waals surface area contributed by atoms with Crippen molar-refractivity contribution in [1.82, 2.24) is 10.3 Å². The van der Waals surface area contributed by atoms with Crippen LogP contribution in [0.15, 0.2) is 18.3 Å². The lowest BCUT2D eigenvalue weighted by Gasteiger charge is -2.27. The zero-order chi connectivity index (χ0) is 14.8. The van der Waals surface area contributed by atoms with Gasteiger partial charge in [-0.05, 0) is 18.1 Å². The summed E-state index contributed by atoms with van der Waals surface area (Å²) in [6.07, 6.45) is 3.73. The van der Waals surface area contributed by atoms with Gasteiger partial charge in [-0.1, -0.05) is 6.07 Å². The summed E-state index contributed by atoms with van der Waals surface area (Å²) in [6.45, 7) is 1.40. The van der Waals surface area contributed by atoms with Gasteiger partial charge in [-0.15, -0.1) is 0 Å². The Balaban J connectivity index is 1.70. The predicted octanol–water partition coefficient (Wildman–Crippen LogP) is 0.771. The molecule has 0 saturated carbocycles. The van der Waals surface area contributed by atoms with Crippen LogP contribution in [0.5, 0.6) is 0 Å². The monoisotopic (exact) mass is 287 g/mol. The zero-order valence-electron chi connectivity index (χ0n) is 11.7. The third-order valence-corrected chi connectivity index (χ3v) is 4.06. The summed E-state index contributed by atoms with van der Waals surface area (Å²) in [7, 11) is 0. The number of imide groups is 1. The molecule has 3 rings (SSSR count). The molecule has 0 bridgehead atoms. The number of pyridine rings is 1. The van der Waals surface area contributed by atoms with Gasteiger partial charge in [-0.2, -0.15) is 0 Å². The summed E-state index contributed by atoms with van der Waals surface area (Å²) < 4.78 is 0. The summed E-state index contributed by atoms with van der Waals surface area (Å²) in [4.78, 5) is 40.7. The smallest absolute Gasteiger partial charge is 0.234 e. The molecule has 3 heterocycles. The lowest BCUT2D eigenvalue weighted by Crippen LogP contribution is -2.39. The standard InChI is InChI=1S/C15H17N3O3/c19-11-5-7-18(8-6-11)13-3-1-10(9-16-13)12-2-4-14(20)17-15(12)21/h1,3,9,12H,2,4-8H2,(H,17,20,21). The van der Waals surface area contributed by atoms with Gasteiger partial charge in [-0.3, -0.25) is 19.7 Å². The summed E-state index contributed by atoms with van der Waals surface area (Å²) >= 11 is 0. The first kappa shape index (κ1) is 13.7.